The molecule has 2 N–H and O–H groups in total. The van der Waals surface area contributed by atoms with Crippen molar-refractivity contribution in [2.75, 3.05) is 11.0 Å². The zero-order valence-corrected chi connectivity index (χ0v) is 13.1. The first-order chi connectivity index (χ1) is 11.3. The molecule has 0 spiro atoms. The lowest BCUT2D eigenvalue weighted by atomic mass is 10.0. The Hall–Kier alpha value is -2.81. The molecule has 3 aromatic rings. The number of aromatic amines is 1. The van der Waals surface area contributed by atoms with E-state index in [1.807, 2.05) is 4.72 Å². The van der Waals surface area contributed by atoms with Crippen molar-refractivity contribution in [2.45, 2.75) is 0 Å². The monoisotopic (exact) mass is 351 g/mol. The summed E-state index contributed by atoms with van der Waals surface area (Å²) in [6, 6.07) is 4.91. The number of anilines is 1. The summed E-state index contributed by atoms with van der Waals surface area (Å²) >= 11 is 0. The van der Waals surface area contributed by atoms with Crippen molar-refractivity contribution < 1.29 is 22.0 Å². The van der Waals surface area contributed by atoms with Crippen LogP contribution in [-0.2, 0) is 10.0 Å². The van der Waals surface area contributed by atoms with Gasteiger partial charge in [0.25, 0.3) is 0 Å². The van der Waals surface area contributed by atoms with Crippen LogP contribution in [0.2, 0.25) is 0 Å². The fraction of sp³-hybridized carbons (Fsp3) is 0.0667. The number of hydrogen-bond acceptors (Lipinski definition) is 4. The Morgan fingerprint density at radius 1 is 1.25 bits per heavy atom. The fourth-order valence-electron chi connectivity index (χ4n) is 2.32. The molecule has 0 bridgehead atoms. The maximum absolute atomic E-state index is 14.5. The van der Waals surface area contributed by atoms with E-state index < -0.39 is 38.7 Å². The van der Waals surface area contributed by atoms with Gasteiger partial charge in [-0.05, 0) is 24.3 Å². The van der Waals surface area contributed by atoms with Crippen molar-refractivity contribution >= 4 is 32.5 Å². The number of halogens is 2. The third kappa shape index (κ3) is 2.85. The molecule has 0 fully saturated rings. The van der Waals surface area contributed by atoms with Crippen molar-refractivity contribution in [3.05, 3.63) is 59.4 Å². The maximum atomic E-state index is 14.5. The van der Waals surface area contributed by atoms with Crippen molar-refractivity contribution in [2.24, 2.45) is 0 Å². The smallest absolute Gasteiger partial charge is 0.229 e. The number of nitrogens with zero attached hydrogens (tertiary/aromatic N) is 1. The Morgan fingerprint density at radius 2 is 2.00 bits per heavy atom. The number of pyridine rings is 1. The predicted molar refractivity (Wildman–Crippen MR) is 84.4 cm³/mol. The van der Waals surface area contributed by atoms with E-state index >= 15 is 0 Å². The second kappa shape index (κ2) is 5.68. The zero-order valence-electron chi connectivity index (χ0n) is 12.3. The Kier molecular flexibility index (Phi) is 3.80. The molecule has 0 saturated carbocycles. The van der Waals surface area contributed by atoms with Crippen LogP contribution >= 0.6 is 0 Å². The summed E-state index contributed by atoms with van der Waals surface area (Å²) in [5, 5.41) is 0.405. The molecule has 1 aromatic carbocycles. The van der Waals surface area contributed by atoms with Crippen molar-refractivity contribution in [1.29, 1.82) is 0 Å². The highest BCUT2D eigenvalue weighted by molar-refractivity contribution is 7.92. The third-order valence-corrected chi connectivity index (χ3v) is 3.90. The number of aromatic nitrogens is 2. The lowest BCUT2D eigenvalue weighted by Gasteiger charge is -2.09. The summed E-state index contributed by atoms with van der Waals surface area (Å²) in [6.07, 6.45) is 3.63. The summed E-state index contributed by atoms with van der Waals surface area (Å²) < 4.78 is 53.0. The topological polar surface area (TPSA) is 91.9 Å². The van der Waals surface area contributed by atoms with Gasteiger partial charge >= 0.3 is 0 Å². The number of ketones is 1. The van der Waals surface area contributed by atoms with Gasteiger partial charge in [0.15, 0.2) is 5.82 Å². The molecule has 0 amide bonds. The Labute approximate surface area is 135 Å². The van der Waals surface area contributed by atoms with Crippen LogP contribution in [0.5, 0.6) is 0 Å². The first-order valence-corrected chi connectivity index (χ1v) is 8.59. The highest BCUT2D eigenvalue weighted by Crippen LogP contribution is 2.27. The number of hydrogen-bond donors (Lipinski definition) is 2. The summed E-state index contributed by atoms with van der Waals surface area (Å²) in [7, 11) is -3.78. The van der Waals surface area contributed by atoms with E-state index in [1.54, 1.807) is 12.1 Å². The summed E-state index contributed by atoms with van der Waals surface area (Å²) in [4.78, 5) is 19.3. The molecule has 2 heterocycles. The van der Waals surface area contributed by atoms with Gasteiger partial charge in [-0.3, -0.25) is 9.52 Å². The van der Waals surface area contributed by atoms with Gasteiger partial charge in [-0.15, -0.1) is 0 Å². The molecule has 0 aliphatic carbocycles. The van der Waals surface area contributed by atoms with Gasteiger partial charge in [0.1, 0.15) is 11.5 Å². The van der Waals surface area contributed by atoms with Crippen LogP contribution in [0.3, 0.4) is 0 Å². The molecule has 0 radical (unpaired) electrons. The SMILES string of the molecule is CS(=O)(=O)Nc1ccc(F)c(C(=O)c2c[nH]c3ncccc23)c1F. The highest BCUT2D eigenvalue weighted by atomic mass is 32.2. The van der Waals surface area contributed by atoms with Gasteiger partial charge in [0.2, 0.25) is 15.8 Å². The van der Waals surface area contributed by atoms with Crippen LogP contribution in [0.15, 0.2) is 36.7 Å². The molecular formula is C15H11F2N3O3S. The van der Waals surface area contributed by atoms with E-state index in [-0.39, 0.29) is 5.56 Å². The molecule has 124 valence electrons. The largest absolute Gasteiger partial charge is 0.345 e. The van der Waals surface area contributed by atoms with Crippen LogP contribution in [0.4, 0.5) is 14.5 Å². The number of carbonyl (C=O) groups is 1. The average molecular weight is 351 g/mol. The van der Waals surface area contributed by atoms with Gasteiger partial charge in [0, 0.05) is 23.3 Å². The van der Waals surface area contributed by atoms with E-state index in [1.165, 1.54) is 12.4 Å². The lowest BCUT2D eigenvalue weighted by Crippen LogP contribution is -2.14. The van der Waals surface area contributed by atoms with Crippen molar-refractivity contribution in [3.63, 3.8) is 0 Å². The number of nitrogens with one attached hydrogen (secondary N) is 2. The number of carbonyl (C=O) groups excluding carboxylic acids is 1. The quantitative estimate of drug-likeness (QED) is 0.706. The van der Waals surface area contributed by atoms with E-state index in [0.29, 0.717) is 11.0 Å². The van der Waals surface area contributed by atoms with Crippen LogP contribution in [0.1, 0.15) is 15.9 Å². The third-order valence-electron chi connectivity index (χ3n) is 3.31. The fourth-order valence-corrected chi connectivity index (χ4v) is 2.87. The summed E-state index contributed by atoms with van der Waals surface area (Å²) in [5.41, 5.74) is -0.909. The molecule has 9 heteroatoms. The molecule has 2 aromatic heterocycles. The van der Waals surface area contributed by atoms with Gasteiger partial charge in [0.05, 0.1) is 17.5 Å². The molecule has 0 atom stereocenters. The molecule has 0 saturated heterocycles. The second-order valence-electron chi connectivity index (χ2n) is 5.09. The number of sulfonamides is 1. The van der Waals surface area contributed by atoms with E-state index in [9.17, 15) is 22.0 Å². The molecule has 6 nitrogen and oxygen atoms in total. The van der Waals surface area contributed by atoms with Crippen LogP contribution in [0.25, 0.3) is 11.0 Å². The maximum Gasteiger partial charge on any atom is 0.229 e. The number of H-pyrrole nitrogens is 1. The minimum atomic E-state index is -3.78. The van der Waals surface area contributed by atoms with E-state index in [2.05, 4.69) is 9.97 Å². The Bertz CT molecular complexity index is 1060. The molecule has 0 aliphatic rings. The lowest BCUT2D eigenvalue weighted by molar-refractivity contribution is 0.103. The van der Waals surface area contributed by atoms with Gasteiger partial charge < -0.3 is 4.98 Å². The van der Waals surface area contributed by atoms with E-state index in [0.717, 1.165) is 18.4 Å². The van der Waals surface area contributed by atoms with Gasteiger partial charge in [-0.2, -0.15) is 0 Å². The number of rotatable bonds is 4. The molecule has 0 aliphatic heterocycles. The van der Waals surface area contributed by atoms with E-state index in [4.69, 9.17) is 0 Å². The minimum absolute atomic E-state index is 0.0346. The zero-order chi connectivity index (χ0) is 17.5. The first-order valence-electron chi connectivity index (χ1n) is 6.70. The second-order valence-corrected chi connectivity index (χ2v) is 6.84. The van der Waals surface area contributed by atoms with Crippen molar-refractivity contribution in [3.8, 4) is 0 Å². The average Bonchev–Trinajstić information content (AvgIpc) is 2.93. The normalized spacial score (nSPS) is 11.6. The molecule has 3 rings (SSSR count). The van der Waals surface area contributed by atoms with Crippen LogP contribution < -0.4 is 4.72 Å². The summed E-state index contributed by atoms with van der Waals surface area (Å²) in [6.45, 7) is 0. The number of fused-ring (bicyclic) bond motifs is 1. The van der Waals surface area contributed by atoms with Gasteiger partial charge in [-0.25, -0.2) is 22.2 Å². The molecule has 0 unspecified atom stereocenters. The van der Waals surface area contributed by atoms with Gasteiger partial charge in [-0.1, -0.05) is 0 Å². The number of benzene rings is 1. The Morgan fingerprint density at radius 3 is 2.71 bits per heavy atom. The highest BCUT2D eigenvalue weighted by Gasteiger charge is 2.25. The first kappa shape index (κ1) is 16.1. The summed E-state index contributed by atoms with van der Waals surface area (Å²) in [5.74, 6) is -3.28. The molecular weight excluding hydrogens is 340 g/mol. The standard InChI is InChI=1S/C15H11F2N3O3S/c1-24(22,23)20-11-5-4-10(16)12(13(11)17)14(21)9-7-19-15-8(9)3-2-6-18-15/h2-7,20H,1H3,(H,18,19). The van der Waals surface area contributed by atoms with Crippen molar-refractivity contribution in [1.82, 2.24) is 9.97 Å². The molecule has 24 heavy (non-hydrogen) atoms. The minimum Gasteiger partial charge on any atom is -0.345 e. The predicted octanol–water partition coefficient (Wildman–Crippen LogP) is 2.44. The Balaban J connectivity index is 2.15. The van der Waals surface area contributed by atoms with Crippen LogP contribution in [0, 0.1) is 11.6 Å². The van der Waals surface area contributed by atoms with Crippen LogP contribution in [-0.4, -0.2) is 30.4 Å².